The number of aromatic amines is 1. The molecule has 5 heterocycles. The van der Waals surface area contributed by atoms with E-state index in [2.05, 4.69) is 40.6 Å². The average Bonchev–Trinajstić information content (AvgIpc) is 3.51. The van der Waals surface area contributed by atoms with Gasteiger partial charge in [0.1, 0.15) is 5.52 Å². The second-order valence-electron chi connectivity index (χ2n) is 6.69. The van der Waals surface area contributed by atoms with E-state index in [1.54, 1.807) is 25.6 Å². The number of pyridine rings is 1. The van der Waals surface area contributed by atoms with Crippen molar-refractivity contribution in [3.8, 4) is 21.6 Å². The minimum absolute atomic E-state index is 0.116. The van der Waals surface area contributed by atoms with Crippen molar-refractivity contribution in [1.82, 2.24) is 45.3 Å². The molecule has 11 nitrogen and oxygen atoms in total. The number of nitrogens with one attached hydrogen (secondary N) is 1. The van der Waals surface area contributed by atoms with Crippen molar-refractivity contribution in [2.24, 2.45) is 0 Å². The second-order valence-corrected chi connectivity index (χ2v) is 9.38. The summed E-state index contributed by atoms with van der Waals surface area (Å²) < 4.78 is 19.6. The summed E-state index contributed by atoms with van der Waals surface area (Å²) in [7, 11) is 2.47. The molecule has 1 saturated heterocycles. The molecule has 0 aromatic carbocycles. The Bertz CT molecular complexity index is 1200. The minimum atomic E-state index is -1.12. The first-order valence-corrected chi connectivity index (χ1v) is 10.9. The van der Waals surface area contributed by atoms with Crippen LogP contribution in [0.3, 0.4) is 0 Å². The zero-order valence-corrected chi connectivity index (χ0v) is 17.3. The third kappa shape index (κ3) is 3.20. The van der Waals surface area contributed by atoms with Crippen molar-refractivity contribution < 1.29 is 8.95 Å². The standard InChI is InChI=1S/C16H17N9O2S2/c1-24-4-3-9(8-24)29(26)10-5-12-13(17-6-10)25(23-19-12)16-22-21-15(28-16)11-7-18-20-14(11)27-2/h5-7,9H,3-4,8H2,1-2H3,(H,18,20). The maximum absolute atomic E-state index is 12.9. The number of aromatic nitrogens is 8. The van der Waals surface area contributed by atoms with Crippen LogP contribution in [0, 0.1) is 0 Å². The van der Waals surface area contributed by atoms with E-state index >= 15 is 0 Å². The predicted octanol–water partition coefficient (Wildman–Crippen LogP) is 0.877. The van der Waals surface area contributed by atoms with Gasteiger partial charge in [-0.15, -0.1) is 15.3 Å². The Hall–Kier alpha value is -2.77. The summed E-state index contributed by atoms with van der Waals surface area (Å²) in [6, 6.07) is 1.79. The molecule has 4 aromatic heterocycles. The van der Waals surface area contributed by atoms with Crippen LogP contribution in [0.25, 0.3) is 26.9 Å². The lowest BCUT2D eigenvalue weighted by atomic mass is 10.4. The molecule has 1 aliphatic rings. The summed E-state index contributed by atoms with van der Waals surface area (Å²) in [6.45, 7) is 1.78. The molecule has 1 N–H and O–H groups in total. The quantitative estimate of drug-likeness (QED) is 0.490. The van der Waals surface area contributed by atoms with E-state index in [4.69, 9.17) is 4.74 Å². The average molecular weight is 432 g/mol. The van der Waals surface area contributed by atoms with Crippen LogP contribution >= 0.6 is 11.3 Å². The Morgan fingerprint density at radius 3 is 3.00 bits per heavy atom. The fourth-order valence-corrected chi connectivity index (χ4v) is 5.57. The van der Waals surface area contributed by atoms with E-state index in [0.29, 0.717) is 37.6 Å². The molecule has 0 saturated carbocycles. The van der Waals surface area contributed by atoms with Gasteiger partial charge in [0.25, 0.3) is 0 Å². The van der Waals surface area contributed by atoms with Gasteiger partial charge < -0.3 is 9.64 Å². The number of ether oxygens (including phenoxy) is 1. The van der Waals surface area contributed by atoms with Gasteiger partial charge >= 0.3 is 0 Å². The predicted molar refractivity (Wildman–Crippen MR) is 107 cm³/mol. The highest BCUT2D eigenvalue weighted by molar-refractivity contribution is 7.85. The Labute approximate surface area is 171 Å². The number of fused-ring (bicyclic) bond motifs is 1. The summed E-state index contributed by atoms with van der Waals surface area (Å²) >= 11 is 1.32. The largest absolute Gasteiger partial charge is 0.481 e. The van der Waals surface area contributed by atoms with E-state index < -0.39 is 10.8 Å². The zero-order chi connectivity index (χ0) is 20.0. The first-order valence-electron chi connectivity index (χ1n) is 8.86. The van der Waals surface area contributed by atoms with Crippen molar-refractivity contribution in [1.29, 1.82) is 0 Å². The minimum Gasteiger partial charge on any atom is -0.481 e. The van der Waals surface area contributed by atoms with Crippen LogP contribution in [-0.2, 0) is 10.8 Å². The summed E-state index contributed by atoms with van der Waals surface area (Å²) in [5.41, 5.74) is 1.82. The number of H-pyrrole nitrogens is 1. The third-order valence-corrected chi connectivity index (χ3v) is 7.39. The molecule has 0 radical (unpaired) electrons. The number of hydrogen-bond acceptors (Lipinski definition) is 10. The Morgan fingerprint density at radius 2 is 2.21 bits per heavy atom. The molecule has 5 rings (SSSR count). The highest BCUT2D eigenvalue weighted by Crippen LogP contribution is 2.31. The number of methoxy groups -OCH3 is 1. The van der Waals surface area contributed by atoms with Gasteiger partial charge in [0, 0.05) is 12.7 Å². The summed E-state index contributed by atoms with van der Waals surface area (Å²) in [5.74, 6) is 0.513. The molecule has 150 valence electrons. The lowest BCUT2D eigenvalue weighted by molar-refractivity contribution is 0.398. The molecular formula is C16H17N9O2S2. The molecule has 13 heteroatoms. The SMILES string of the molecule is COc1[nH]ncc1-c1nnc(-n2nnc3cc(S(=O)C4CCN(C)C4)cnc32)s1. The van der Waals surface area contributed by atoms with E-state index in [1.165, 1.54) is 16.0 Å². The Balaban J connectivity index is 1.46. The lowest BCUT2D eigenvalue weighted by Gasteiger charge is -2.10. The molecule has 1 aliphatic heterocycles. The van der Waals surface area contributed by atoms with E-state index in [0.717, 1.165) is 19.5 Å². The van der Waals surface area contributed by atoms with Gasteiger partial charge in [0.05, 0.1) is 39.8 Å². The molecule has 0 spiro atoms. The van der Waals surface area contributed by atoms with Gasteiger partial charge in [0.2, 0.25) is 11.0 Å². The molecule has 2 unspecified atom stereocenters. The molecule has 0 bridgehead atoms. The van der Waals surface area contributed by atoms with Crippen LogP contribution in [0.1, 0.15) is 6.42 Å². The van der Waals surface area contributed by atoms with Crippen molar-refractivity contribution in [3.05, 3.63) is 18.5 Å². The van der Waals surface area contributed by atoms with Gasteiger partial charge in [0.15, 0.2) is 10.7 Å². The molecule has 1 fully saturated rings. The van der Waals surface area contributed by atoms with Crippen molar-refractivity contribution in [3.63, 3.8) is 0 Å². The molecule has 2 atom stereocenters. The van der Waals surface area contributed by atoms with Crippen LogP contribution in [0.2, 0.25) is 0 Å². The smallest absolute Gasteiger partial charge is 0.236 e. The van der Waals surface area contributed by atoms with Crippen molar-refractivity contribution in [2.75, 3.05) is 27.2 Å². The van der Waals surface area contributed by atoms with Crippen LogP contribution in [0.4, 0.5) is 0 Å². The molecule has 0 aliphatic carbocycles. The van der Waals surface area contributed by atoms with Crippen LogP contribution in [0.15, 0.2) is 23.4 Å². The molecule has 4 aromatic rings. The molecule has 29 heavy (non-hydrogen) atoms. The summed E-state index contributed by atoms with van der Waals surface area (Å²) in [4.78, 5) is 7.32. The highest BCUT2D eigenvalue weighted by Gasteiger charge is 2.27. The Kier molecular flexibility index (Phi) is 4.56. The fourth-order valence-electron chi connectivity index (χ4n) is 3.29. The van der Waals surface area contributed by atoms with E-state index in [9.17, 15) is 4.21 Å². The number of likely N-dealkylation sites (tertiary alicyclic amines) is 1. The topological polar surface area (TPSA) is 128 Å². The van der Waals surface area contributed by atoms with Crippen molar-refractivity contribution >= 4 is 33.3 Å². The van der Waals surface area contributed by atoms with Gasteiger partial charge in [-0.25, -0.2) is 10.1 Å². The molecular weight excluding hydrogens is 414 g/mol. The Morgan fingerprint density at radius 1 is 1.31 bits per heavy atom. The van der Waals surface area contributed by atoms with E-state index in [1.807, 2.05) is 7.05 Å². The van der Waals surface area contributed by atoms with Crippen LogP contribution in [0.5, 0.6) is 5.88 Å². The van der Waals surface area contributed by atoms with Gasteiger partial charge in [-0.1, -0.05) is 16.6 Å². The summed E-state index contributed by atoms with van der Waals surface area (Å²) in [6.07, 6.45) is 4.18. The molecule has 0 amide bonds. The number of hydrogen-bond donors (Lipinski definition) is 1. The van der Waals surface area contributed by atoms with Crippen molar-refractivity contribution in [2.45, 2.75) is 16.6 Å². The maximum atomic E-state index is 12.9. The number of nitrogens with zero attached hydrogens (tertiary/aromatic N) is 8. The monoisotopic (exact) mass is 431 g/mol. The van der Waals surface area contributed by atoms with Crippen LogP contribution in [-0.4, -0.2) is 82.0 Å². The highest BCUT2D eigenvalue weighted by atomic mass is 32.2. The zero-order valence-electron chi connectivity index (χ0n) is 15.6. The summed E-state index contributed by atoms with van der Waals surface area (Å²) in [5, 5.41) is 24.7. The van der Waals surface area contributed by atoms with Gasteiger partial charge in [-0.05, 0) is 26.1 Å². The van der Waals surface area contributed by atoms with Crippen LogP contribution < -0.4 is 4.74 Å². The maximum Gasteiger partial charge on any atom is 0.236 e. The van der Waals surface area contributed by atoms with E-state index in [-0.39, 0.29) is 5.25 Å². The van der Waals surface area contributed by atoms with Gasteiger partial charge in [-0.3, -0.25) is 4.21 Å². The first kappa shape index (κ1) is 18.3. The second kappa shape index (κ2) is 7.24. The lowest BCUT2D eigenvalue weighted by Crippen LogP contribution is -2.20. The number of rotatable bonds is 5. The van der Waals surface area contributed by atoms with Gasteiger partial charge in [-0.2, -0.15) is 9.78 Å². The third-order valence-electron chi connectivity index (χ3n) is 4.78. The normalized spacial score (nSPS) is 18.5. The fraction of sp³-hybridized carbons (Fsp3) is 0.375. The first-order chi connectivity index (χ1) is 14.1.